The van der Waals surface area contributed by atoms with E-state index >= 15 is 0 Å². The third-order valence-corrected chi connectivity index (χ3v) is 3.42. The molecule has 0 radical (unpaired) electrons. The Labute approximate surface area is 101 Å². The standard InChI is InChI=1S/C13H28N2O/c1-14-8-5-3-4-6-9-15-10-7-13(11-15)12-16-2/h13-14H,3-12H2,1-2H3. The average Bonchev–Trinajstić information content (AvgIpc) is 2.72. The minimum atomic E-state index is 0.786. The lowest BCUT2D eigenvalue weighted by atomic mass is 10.1. The van der Waals surface area contributed by atoms with Crippen LogP contribution in [0, 0.1) is 5.92 Å². The second kappa shape index (κ2) is 8.97. The van der Waals surface area contributed by atoms with Crippen LogP contribution in [0.15, 0.2) is 0 Å². The molecule has 0 aliphatic carbocycles. The summed E-state index contributed by atoms with van der Waals surface area (Å²) >= 11 is 0. The number of likely N-dealkylation sites (tertiary alicyclic amines) is 1. The van der Waals surface area contributed by atoms with Crippen molar-refractivity contribution in [1.29, 1.82) is 0 Å². The zero-order chi connectivity index (χ0) is 11.6. The highest BCUT2D eigenvalue weighted by Crippen LogP contribution is 2.16. The quantitative estimate of drug-likeness (QED) is 0.608. The van der Waals surface area contributed by atoms with E-state index in [4.69, 9.17) is 4.74 Å². The van der Waals surface area contributed by atoms with Crippen molar-refractivity contribution < 1.29 is 4.74 Å². The van der Waals surface area contributed by atoms with Crippen molar-refractivity contribution in [2.45, 2.75) is 32.1 Å². The number of nitrogens with one attached hydrogen (secondary N) is 1. The molecule has 0 spiro atoms. The molecule has 0 aromatic carbocycles. The molecule has 1 aliphatic heterocycles. The van der Waals surface area contributed by atoms with Gasteiger partial charge < -0.3 is 15.0 Å². The summed E-state index contributed by atoms with van der Waals surface area (Å²) in [4.78, 5) is 2.60. The van der Waals surface area contributed by atoms with Crippen LogP contribution < -0.4 is 5.32 Å². The van der Waals surface area contributed by atoms with Gasteiger partial charge >= 0.3 is 0 Å². The highest BCUT2D eigenvalue weighted by molar-refractivity contribution is 4.74. The van der Waals surface area contributed by atoms with Gasteiger partial charge in [-0.2, -0.15) is 0 Å². The molecule has 3 heteroatoms. The van der Waals surface area contributed by atoms with Gasteiger partial charge in [0.2, 0.25) is 0 Å². The molecule has 1 heterocycles. The van der Waals surface area contributed by atoms with Crippen molar-refractivity contribution in [3.63, 3.8) is 0 Å². The number of nitrogens with zero attached hydrogens (tertiary/aromatic N) is 1. The molecule has 16 heavy (non-hydrogen) atoms. The summed E-state index contributed by atoms with van der Waals surface area (Å²) in [5.41, 5.74) is 0. The first-order valence-electron chi connectivity index (χ1n) is 6.72. The summed E-state index contributed by atoms with van der Waals surface area (Å²) in [6.45, 7) is 5.94. The van der Waals surface area contributed by atoms with Gasteiger partial charge in [-0.3, -0.25) is 0 Å². The van der Waals surface area contributed by atoms with Gasteiger partial charge in [-0.1, -0.05) is 12.8 Å². The van der Waals surface area contributed by atoms with E-state index in [1.807, 2.05) is 14.2 Å². The maximum atomic E-state index is 5.21. The Hall–Kier alpha value is -0.120. The largest absolute Gasteiger partial charge is 0.384 e. The van der Waals surface area contributed by atoms with Crippen molar-refractivity contribution in [2.24, 2.45) is 5.92 Å². The van der Waals surface area contributed by atoms with Crippen LogP contribution in [0.1, 0.15) is 32.1 Å². The normalized spacial score (nSPS) is 21.8. The van der Waals surface area contributed by atoms with E-state index in [1.54, 1.807) is 0 Å². The van der Waals surface area contributed by atoms with Crippen LogP contribution in [-0.4, -0.2) is 51.8 Å². The zero-order valence-electron chi connectivity index (χ0n) is 11.0. The van der Waals surface area contributed by atoms with Gasteiger partial charge in [0.25, 0.3) is 0 Å². The monoisotopic (exact) mass is 228 g/mol. The summed E-state index contributed by atoms with van der Waals surface area (Å²) in [5, 5.41) is 3.20. The molecular formula is C13H28N2O. The molecule has 96 valence electrons. The molecule has 1 aliphatic rings. The van der Waals surface area contributed by atoms with E-state index in [9.17, 15) is 0 Å². The van der Waals surface area contributed by atoms with Crippen LogP contribution >= 0.6 is 0 Å². The molecule has 1 atom stereocenters. The Bertz CT molecular complexity index is 164. The van der Waals surface area contributed by atoms with E-state index in [-0.39, 0.29) is 0 Å². The number of methoxy groups -OCH3 is 1. The van der Waals surface area contributed by atoms with Gasteiger partial charge in [0, 0.05) is 13.7 Å². The molecule has 1 unspecified atom stereocenters. The minimum Gasteiger partial charge on any atom is -0.384 e. The fraction of sp³-hybridized carbons (Fsp3) is 1.00. The van der Waals surface area contributed by atoms with Crippen LogP contribution in [0.25, 0.3) is 0 Å². The number of hydrogen-bond donors (Lipinski definition) is 1. The predicted octanol–water partition coefficient (Wildman–Crippen LogP) is 1.73. The van der Waals surface area contributed by atoms with Crippen molar-refractivity contribution in [3.05, 3.63) is 0 Å². The number of ether oxygens (including phenoxy) is 1. The summed E-state index contributed by atoms with van der Waals surface area (Å²) in [7, 11) is 3.84. The summed E-state index contributed by atoms with van der Waals surface area (Å²) < 4.78 is 5.21. The summed E-state index contributed by atoms with van der Waals surface area (Å²) in [6, 6.07) is 0. The topological polar surface area (TPSA) is 24.5 Å². The first-order chi connectivity index (χ1) is 7.86. The average molecular weight is 228 g/mol. The molecule has 1 rings (SSSR count). The number of unbranched alkanes of at least 4 members (excludes halogenated alkanes) is 3. The van der Waals surface area contributed by atoms with Crippen LogP contribution in [0.4, 0.5) is 0 Å². The summed E-state index contributed by atoms with van der Waals surface area (Å²) in [6.07, 6.45) is 6.77. The highest BCUT2D eigenvalue weighted by atomic mass is 16.5. The molecule has 3 nitrogen and oxygen atoms in total. The highest BCUT2D eigenvalue weighted by Gasteiger charge is 2.21. The first-order valence-corrected chi connectivity index (χ1v) is 6.72. The van der Waals surface area contributed by atoms with E-state index in [1.165, 1.54) is 58.3 Å². The number of hydrogen-bond acceptors (Lipinski definition) is 3. The van der Waals surface area contributed by atoms with Crippen LogP contribution in [0.5, 0.6) is 0 Å². The van der Waals surface area contributed by atoms with E-state index in [0.717, 1.165) is 12.5 Å². The Morgan fingerprint density at radius 1 is 1.25 bits per heavy atom. The lowest BCUT2D eigenvalue weighted by molar-refractivity contribution is 0.153. The molecule has 1 saturated heterocycles. The molecule has 0 saturated carbocycles. The van der Waals surface area contributed by atoms with Crippen molar-refractivity contribution in [1.82, 2.24) is 10.2 Å². The van der Waals surface area contributed by atoms with Crippen molar-refractivity contribution >= 4 is 0 Å². The second-order valence-corrected chi connectivity index (χ2v) is 4.93. The van der Waals surface area contributed by atoms with E-state index in [0.29, 0.717) is 0 Å². The van der Waals surface area contributed by atoms with E-state index < -0.39 is 0 Å². The SMILES string of the molecule is CNCCCCCCN1CCC(COC)C1. The zero-order valence-corrected chi connectivity index (χ0v) is 11.0. The molecule has 1 N–H and O–H groups in total. The van der Waals surface area contributed by atoms with Crippen molar-refractivity contribution in [2.75, 3.05) is 46.9 Å². The van der Waals surface area contributed by atoms with E-state index in [2.05, 4.69) is 10.2 Å². The summed E-state index contributed by atoms with van der Waals surface area (Å²) in [5.74, 6) is 0.786. The predicted molar refractivity (Wildman–Crippen MR) is 68.8 cm³/mol. The third-order valence-electron chi connectivity index (χ3n) is 3.42. The first kappa shape index (κ1) is 13.9. The van der Waals surface area contributed by atoms with Crippen LogP contribution in [0.2, 0.25) is 0 Å². The van der Waals surface area contributed by atoms with Gasteiger partial charge in [-0.25, -0.2) is 0 Å². The van der Waals surface area contributed by atoms with Gasteiger partial charge in [0.15, 0.2) is 0 Å². The van der Waals surface area contributed by atoms with Crippen LogP contribution in [0.3, 0.4) is 0 Å². The molecule has 0 amide bonds. The molecular weight excluding hydrogens is 200 g/mol. The van der Waals surface area contributed by atoms with Gasteiger partial charge in [-0.05, 0) is 51.9 Å². The molecule has 1 fully saturated rings. The Balaban J connectivity index is 1.90. The van der Waals surface area contributed by atoms with Gasteiger partial charge in [0.1, 0.15) is 0 Å². The Kier molecular flexibility index (Phi) is 7.81. The lowest BCUT2D eigenvalue weighted by Gasteiger charge is -2.15. The maximum absolute atomic E-state index is 5.21. The molecule has 0 bridgehead atoms. The third kappa shape index (κ3) is 5.83. The van der Waals surface area contributed by atoms with Crippen LogP contribution in [-0.2, 0) is 4.74 Å². The Morgan fingerprint density at radius 3 is 2.81 bits per heavy atom. The number of rotatable bonds is 9. The maximum Gasteiger partial charge on any atom is 0.0503 e. The second-order valence-electron chi connectivity index (χ2n) is 4.93. The smallest absolute Gasteiger partial charge is 0.0503 e. The fourth-order valence-corrected chi connectivity index (χ4v) is 2.48. The van der Waals surface area contributed by atoms with Gasteiger partial charge in [0.05, 0.1) is 6.61 Å². The Morgan fingerprint density at radius 2 is 2.06 bits per heavy atom. The van der Waals surface area contributed by atoms with Gasteiger partial charge in [-0.15, -0.1) is 0 Å². The molecule has 0 aromatic heterocycles. The van der Waals surface area contributed by atoms with Crippen molar-refractivity contribution in [3.8, 4) is 0 Å². The fourth-order valence-electron chi connectivity index (χ4n) is 2.48. The lowest BCUT2D eigenvalue weighted by Crippen LogP contribution is -2.23. The molecule has 0 aromatic rings. The minimum absolute atomic E-state index is 0.786.